The zero-order valence-electron chi connectivity index (χ0n) is 15.3. The Kier molecular flexibility index (Phi) is 6.62. The molecule has 0 aliphatic rings. The van der Waals surface area contributed by atoms with Gasteiger partial charge < -0.3 is 14.8 Å². The Morgan fingerprint density at radius 3 is 3.00 bits per heavy atom. The molecule has 0 radical (unpaired) electrons. The summed E-state index contributed by atoms with van der Waals surface area (Å²) < 4.78 is 7.32. The van der Waals surface area contributed by atoms with Gasteiger partial charge in [-0.3, -0.25) is 4.79 Å². The van der Waals surface area contributed by atoms with Crippen LogP contribution in [0.25, 0.3) is 10.7 Å². The number of thioether (sulfide) groups is 1. The van der Waals surface area contributed by atoms with E-state index in [9.17, 15) is 4.79 Å². The third-order valence-electron chi connectivity index (χ3n) is 3.91. The predicted octanol–water partition coefficient (Wildman–Crippen LogP) is 3.46. The van der Waals surface area contributed by atoms with Crippen molar-refractivity contribution in [2.75, 3.05) is 0 Å². The first-order valence-corrected chi connectivity index (χ1v) is 10.6. The van der Waals surface area contributed by atoms with Gasteiger partial charge in [-0.15, -0.1) is 21.5 Å². The Hall–Kier alpha value is -2.20. The van der Waals surface area contributed by atoms with E-state index in [-0.39, 0.29) is 17.6 Å². The van der Waals surface area contributed by atoms with Crippen LogP contribution in [0.4, 0.5) is 0 Å². The number of amides is 1. The van der Waals surface area contributed by atoms with E-state index in [1.54, 1.807) is 11.3 Å². The molecule has 3 rings (SSSR count). The first-order chi connectivity index (χ1) is 13.1. The minimum Gasteiger partial charge on any atom is -0.370 e. The standard InChI is InChI=1S/C17H22N6O2S2/c1-3-4-7-14-19-16(25-22-14)11(2)27-17-21-20-15(12-6-5-10-26-12)23(17)9-8-13(18)24/h5-6,10-11H,3-4,7-9H2,1-2H3,(H2,18,24). The molecule has 10 heteroatoms. The van der Waals surface area contributed by atoms with Crippen LogP contribution in [-0.2, 0) is 17.8 Å². The number of nitrogens with two attached hydrogens (primary N) is 1. The molecule has 0 aliphatic carbocycles. The lowest BCUT2D eigenvalue weighted by Crippen LogP contribution is -2.15. The molecule has 0 spiro atoms. The van der Waals surface area contributed by atoms with Crippen molar-refractivity contribution in [2.45, 2.75) is 56.5 Å². The maximum absolute atomic E-state index is 11.3. The lowest BCUT2D eigenvalue weighted by Gasteiger charge is -2.10. The van der Waals surface area contributed by atoms with E-state index in [1.807, 2.05) is 29.0 Å². The van der Waals surface area contributed by atoms with Crippen molar-refractivity contribution in [3.63, 3.8) is 0 Å². The smallest absolute Gasteiger partial charge is 0.239 e. The number of aryl methyl sites for hydroxylation is 1. The predicted molar refractivity (Wildman–Crippen MR) is 104 cm³/mol. The fourth-order valence-electron chi connectivity index (χ4n) is 2.47. The molecule has 2 N–H and O–H groups in total. The van der Waals surface area contributed by atoms with Crippen LogP contribution in [0.1, 0.15) is 50.1 Å². The Labute approximate surface area is 165 Å². The van der Waals surface area contributed by atoms with Crippen molar-refractivity contribution >= 4 is 29.0 Å². The normalized spacial score (nSPS) is 12.4. The van der Waals surface area contributed by atoms with Crippen LogP contribution >= 0.6 is 23.1 Å². The molecule has 27 heavy (non-hydrogen) atoms. The number of carbonyl (C=O) groups is 1. The van der Waals surface area contributed by atoms with Gasteiger partial charge in [0.1, 0.15) is 0 Å². The molecule has 0 fully saturated rings. The van der Waals surface area contributed by atoms with Crippen LogP contribution in [0.15, 0.2) is 27.2 Å². The van der Waals surface area contributed by atoms with Gasteiger partial charge in [0.25, 0.3) is 0 Å². The number of thiophene rings is 1. The molecule has 0 saturated heterocycles. The van der Waals surface area contributed by atoms with E-state index >= 15 is 0 Å². The van der Waals surface area contributed by atoms with Gasteiger partial charge in [-0.05, 0) is 24.8 Å². The van der Waals surface area contributed by atoms with Crippen LogP contribution in [-0.4, -0.2) is 30.8 Å². The summed E-state index contributed by atoms with van der Waals surface area (Å²) in [5.74, 6) is 1.67. The molecule has 0 aliphatic heterocycles. The molecule has 3 heterocycles. The average Bonchev–Trinajstić information content (AvgIpc) is 3.38. The van der Waals surface area contributed by atoms with Gasteiger partial charge in [0, 0.05) is 19.4 Å². The number of primary amides is 1. The summed E-state index contributed by atoms with van der Waals surface area (Å²) in [5.41, 5.74) is 5.33. The molecule has 3 aromatic heterocycles. The Bertz CT molecular complexity index is 874. The molecule has 3 aromatic rings. The number of nitrogens with zero attached hydrogens (tertiary/aromatic N) is 5. The van der Waals surface area contributed by atoms with Crippen LogP contribution in [0.2, 0.25) is 0 Å². The number of carbonyl (C=O) groups excluding carboxylic acids is 1. The third-order valence-corrected chi connectivity index (χ3v) is 5.84. The maximum atomic E-state index is 11.3. The summed E-state index contributed by atoms with van der Waals surface area (Å²) in [4.78, 5) is 16.7. The van der Waals surface area contributed by atoms with Gasteiger partial charge in [-0.2, -0.15) is 4.98 Å². The minimum atomic E-state index is -0.359. The first kappa shape index (κ1) is 19.6. The van der Waals surface area contributed by atoms with Crippen molar-refractivity contribution in [1.29, 1.82) is 0 Å². The fraction of sp³-hybridized carbons (Fsp3) is 0.471. The fourth-order valence-corrected chi connectivity index (χ4v) is 4.09. The lowest BCUT2D eigenvalue weighted by atomic mass is 10.2. The Balaban J connectivity index is 1.78. The number of unbranched alkanes of at least 4 members (excludes halogenated alkanes) is 1. The molecular weight excluding hydrogens is 384 g/mol. The average molecular weight is 407 g/mol. The molecule has 0 bridgehead atoms. The zero-order chi connectivity index (χ0) is 19.2. The van der Waals surface area contributed by atoms with E-state index in [0.29, 0.717) is 17.6 Å². The summed E-state index contributed by atoms with van der Waals surface area (Å²) in [5, 5.41) is 15.3. The highest BCUT2D eigenvalue weighted by atomic mass is 32.2. The maximum Gasteiger partial charge on any atom is 0.239 e. The molecular formula is C17H22N6O2S2. The van der Waals surface area contributed by atoms with Crippen LogP contribution in [0.3, 0.4) is 0 Å². The molecule has 1 amide bonds. The van der Waals surface area contributed by atoms with E-state index in [0.717, 1.165) is 35.8 Å². The quantitative estimate of drug-likeness (QED) is 0.513. The van der Waals surface area contributed by atoms with Gasteiger partial charge in [0.15, 0.2) is 16.8 Å². The molecule has 1 atom stereocenters. The SMILES string of the molecule is CCCCc1noc(C(C)Sc2nnc(-c3cccs3)n2CCC(N)=O)n1. The van der Waals surface area contributed by atoms with Crippen molar-refractivity contribution in [3.05, 3.63) is 29.2 Å². The largest absolute Gasteiger partial charge is 0.370 e. The van der Waals surface area contributed by atoms with Crippen molar-refractivity contribution in [1.82, 2.24) is 24.9 Å². The van der Waals surface area contributed by atoms with Gasteiger partial charge in [-0.25, -0.2) is 0 Å². The van der Waals surface area contributed by atoms with E-state index < -0.39 is 0 Å². The number of hydrogen-bond acceptors (Lipinski definition) is 8. The van der Waals surface area contributed by atoms with Crippen molar-refractivity contribution in [2.24, 2.45) is 5.73 Å². The molecule has 0 saturated carbocycles. The van der Waals surface area contributed by atoms with Gasteiger partial charge in [0.2, 0.25) is 11.8 Å². The molecule has 144 valence electrons. The third kappa shape index (κ3) is 4.95. The van der Waals surface area contributed by atoms with Gasteiger partial charge in [0.05, 0.1) is 10.1 Å². The van der Waals surface area contributed by atoms with Crippen molar-refractivity contribution in [3.8, 4) is 10.7 Å². The molecule has 8 nitrogen and oxygen atoms in total. The zero-order valence-corrected chi connectivity index (χ0v) is 16.9. The highest BCUT2D eigenvalue weighted by molar-refractivity contribution is 7.99. The van der Waals surface area contributed by atoms with E-state index in [2.05, 4.69) is 27.3 Å². The topological polar surface area (TPSA) is 113 Å². The number of aromatic nitrogens is 5. The summed E-state index contributed by atoms with van der Waals surface area (Å²) in [6.07, 6.45) is 3.16. The molecule has 0 aromatic carbocycles. The second kappa shape index (κ2) is 9.14. The monoisotopic (exact) mass is 406 g/mol. The van der Waals surface area contributed by atoms with Gasteiger partial charge >= 0.3 is 0 Å². The van der Waals surface area contributed by atoms with Crippen LogP contribution in [0, 0.1) is 0 Å². The Morgan fingerprint density at radius 1 is 1.44 bits per heavy atom. The second-order valence-corrected chi connectivity index (χ2v) is 8.32. The van der Waals surface area contributed by atoms with Crippen LogP contribution in [0.5, 0.6) is 0 Å². The lowest BCUT2D eigenvalue weighted by molar-refractivity contribution is -0.118. The highest BCUT2D eigenvalue weighted by Gasteiger charge is 2.22. The first-order valence-electron chi connectivity index (χ1n) is 8.83. The summed E-state index contributed by atoms with van der Waals surface area (Å²) in [6, 6.07) is 3.93. The minimum absolute atomic E-state index is 0.0828. The van der Waals surface area contributed by atoms with E-state index in [1.165, 1.54) is 11.8 Å². The second-order valence-electron chi connectivity index (χ2n) is 6.06. The van der Waals surface area contributed by atoms with Gasteiger partial charge in [-0.1, -0.05) is 36.3 Å². The highest BCUT2D eigenvalue weighted by Crippen LogP contribution is 2.35. The number of hydrogen-bond donors (Lipinski definition) is 1. The molecule has 1 unspecified atom stereocenters. The van der Waals surface area contributed by atoms with Crippen LogP contribution < -0.4 is 5.73 Å². The Morgan fingerprint density at radius 2 is 2.30 bits per heavy atom. The van der Waals surface area contributed by atoms with E-state index in [4.69, 9.17) is 10.3 Å². The summed E-state index contributed by atoms with van der Waals surface area (Å²) in [6.45, 7) is 4.54. The van der Waals surface area contributed by atoms with Crippen molar-refractivity contribution < 1.29 is 9.32 Å². The summed E-state index contributed by atoms with van der Waals surface area (Å²) >= 11 is 3.05. The summed E-state index contributed by atoms with van der Waals surface area (Å²) in [7, 11) is 0. The number of rotatable bonds is 10.